The molecule has 0 aliphatic carbocycles. The molecule has 0 radical (unpaired) electrons. The Balaban J connectivity index is 2.57. The lowest BCUT2D eigenvalue weighted by atomic mass is 9.85. The predicted octanol–water partition coefficient (Wildman–Crippen LogP) is 2.37. The summed E-state index contributed by atoms with van der Waals surface area (Å²) in [5.41, 5.74) is 7.05. The average Bonchev–Trinajstić information content (AvgIpc) is 2.34. The van der Waals surface area contributed by atoms with Crippen molar-refractivity contribution in [2.75, 3.05) is 6.54 Å². The molecular formula is C10H18N2S. The van der Waals surface area contributed by atoms with Crippen LogP contribution < -0.4 is 5.73 Å². The molecule has 0 aliphatic rings. The number of thiazole rings is 1. The third-order valence-corrected chi connectivity index (χ3v) is 2.97. The van der Waals surface area contributed by atoms with Crippen molar-refractivity contribution in [1.29, 1.82) is 0 Å². The van der Waals surface area contributed by atoms with Crippen molar-refractivity contribution in [3.8, 4) is 0 Å². The molecule has 0 aromatic carbocycles. The van der Waals surface area contributed by atoms with Gasteiger partial charge in [0.15, 0.2) is 0 Å². The summed E-state index contributed by atoms with van der Waals surface area (Å²) >= 11 is 1.72. The van der Waals surface area contributed by atoms with E-state index in [1.54, 1.807) is 11.3 Å². The Morgan fingerprint density at radius 1 is 1.54 bits per heavy atom. The molecule has 1 aromatic rings. The first kappa shape index (κ1) is 10.7. The topological polar surface area (TPSA) is 38.9 Å². The number of aromatic nitrogens is 1. The minimum atomic E-state index is 0.287. The van der Waals surface area contributed by atoms with Gasteiger partial charge in [0.2, 0.25) is 0 Å². The van der Waals surface area contributed by atoms with Crippen LogP contribution in [0.25, 0.3) is 0 Å². The Morgan fingerprint density at radius 2 is 2.23 bits per heavy atom. The molecule has 74 valence electrons. The standard InChI is InChI=1S/C10H18N2S/c1-8-12-9(7-13-8)6-10(2,3)4-5-11/h7H,4-6,11H2,1-3H3. The minimum absolute atomic E-state index is 0.287. The lowest BCUT2D eigenvalue weighted by Gasteiger charge is -2.22. The van der Waals surface area contributed by atoms with Gasteiger partial charge in [-0.25, -0.2) is 4.98 Å². The average molecular weight is 198 g/mol. The summed E-state index contributed by atoms with van der Waals surface area (Å²) in [6.45, 7) is 7.29. The van der Waals surface area contributed by atoms with Crippen LogP contribution in [0.2, 0.25) is 0 Å². The summed E-state index contributed by atoms with van der Waals surface area (Å²) in [5.74, 6) is 0. The van der Waals surface area contributed by atoms with E-state index in [1.165, 1.54) is 5.69 Å². The molecule has 0 saturated carbocycles. The van der Waals surface area contributed by atoms with E-state index in [0.717, 1.165) is 24.4 Å². The van der Waals surface area contributed by atoms with Gasteiger partial charge in [0, 0.05) is 5.38 Å². The molecule has 0 spiro atoms. The molecule has 0 atom stereocenters. The van der Waals surface area contributed by atoms with E-state index in [2.05, 4.69) is 24.2 Å². The molecule has 2 N–H and O–H groups in total. The second kappa shape index (κ2) is 4.20. The fourth-order valence-electron chi connectivity index (χ4n) is 1.46. The maximum atomic E-state index is 5.56. The first-order valence-electron chi connectivity index (χ1n) is 4.64. The molecule has 0 saturated heterocycles. The van der Waals surface area contributed by atoms with Crippen LogP contribution in [0.1, 0.15) is 31.0 Å². The largest absolute Gasteiger partial charge is 0.330 e. The molecule has 0 aliphatic heterocycles. The number of nitrogens with zero attached hydrogens (tertiary/aromatic N) is 1. The highest BCUT2D eigenvalue weighted by Crippen LogP contribution is 2.25. The molecule has 0 unspecified atom stereocenters. The number of aryl methyl sites for hydroxylation is 1. The van der Waals surface area contributed by atoms with E-state index in [0.29, 0.717) is 0 Å². The van der Waals surface area contributed by atoms with Crippen molar-refractivity contribution in [1.82, 2.24) is 4.98 Å². The van der Waals surface area contributed by atoms with E-state index in [9.17, 15) is 0 Å². The van der Waals surface area contributed by atoms with Gasteiger partial charge in [0.1, 0.15) is 0 Å². The van der Waals surface area contributed by atoms with Crippen LogP contribution in [0.5, 0.6) is 0 Å². The number of nitrogens with two attached hydrogens (primary N) is 1. The van der Waals surface area contributed by atoms with Gasteiger partial charge in [0.05, 0.1) is 10.7 Å². The second-order valence-electron chi connectivity index (χ2n) is 4.24. The molecule has 0 amide bonds. The summed E-state index contributed by atoms with van der Waals surface area (Å²) < 4.78 is 0. The fraction of sp³-hybridized carbons (Fsp3) is 0.700. The zero-order valence-corrected chi connectivity index (χ0v) is 9.45. The Kier molecular flexibility index (Phi) is 3.45. The molecule has 2 nitrogen and oxygen atoms in total. The van der Waals surface area contributed by atoms with E-state index in [4.69, 9.17) is 5.73 Å². The van der Waals surface area contributed by atoms with Crippen LogP contribution in [-0.2, 0) is 6.42 Å². The van der Waals surface area contributed by atoms with Gasteiger partial charge >= 0.3 is 0 Å². The smallest absolute Gasteiger partial charge is 0.0897 e. The molecule has 0 fully saturated rings. The maximum absolute atomic E-state index is 5.56. The Hall–Kier alpha value is -0.410. The highest BCUT2D eigenvalue weighted by molar-refractivity contribution is 7.09. The van der Waals surface area contributed by atoms with Crippen molar-refractivity contribution in [3.63, 3.8) is 0 Å². The molecule has 0 bridgehead atoms. The van der Waals surface area contributed by atoms with Gasteiger partial charge in [-0.2, -0.15) is 0 Å². The zero-order valence-electron chi connectivity index (χ0n) is 8.63. The van der Waals surface area contributed by atoms with Crippen LogP contribution in [0.15, 0.2) is 5.38 Å². The number of hydrogen-bond acceptors (Lipinski definition) is 3. The van der Waals surface area contributed by atoms with Crippen molar-refractivity contribution in [2.24, 2.45) is 11.1 Å². The summed E-state index contributed by atoms with van der Waals surface area (Å²) in [4.78, 5) is 4.46. The van der Waals surface area contributed by atoms with Crippen LogP contribution in [0.3, 0.4) is 0 Å². The van der Waals surface area contributed by atoms with E-state index in [1.807, 2.05) is 6.92 Å². The van der Waals surface area contributed by atoms with Gasteiger partial charge in [-0.05, 0) is 31.7 Å². The van der Waals surface area contributed by atoms with Crippen molar-refractivity contribution < 1.29 is 0 Å². The quantitative estimate of drug-likeness (QED) is 0.806. The van der Waals surface area contributed by atoms with Gasteiger partial charge in [-0.15, -0.1) is 11.3 Å². The Morgan fingerprint density at radius 3 is 2.69 bits per heavy atom. The van der Waals surface area contributed by atoms with Gasteiger partial charge < -0.3 is 5.73 Å². The SMILES string of the molecule is Cc1nc(CC(C)(C)CCN)cs1. The Bertz CT molecular complexity index is 266. The highest BCUT2D eigenvalue weighted by Gasteiger charge is 2.18. The molecule has 1 rings (SSSR count). The van der Waals surface area contributed by atoms with E-state index < -0.39 is 0 Å². The predicted molar refractivity (Wildman–Crippen MR) is 58.0 cm³/mol. The monoisotopic (exact) mass is 198 g/mol. The van der Waals surface area contributed by atoms with Gasteiger partial charge in [-0.3, -0.25) is 0 Å². The lowest BCUT2D eigenvalue weighted by Crippen LogP contribution is -2.19. The zero-order chi connectivity index (χ0) is 9.90. The highest BCUT2D eigenvalue weighted by atomic mass is 32.1. The van der Waals surface area contributed by atoms with Crippen LogP contribution in [0, 0.1) is 12.3 Å². The molecule has 3 heteroatoms. The summed E-state index contributed by atoms with van der Waals surface area (Å²) in [6.07, 6.45) is 2.10. The molecule has 1 aromatic heterocycles. The molecule has 13 heavy (non-hydrogen) atoms. The van der Waals surface area contributed by atoms with Crippen molar-refractivity contribution in [2.45, 2.75) is 33.6 Å². The summed E-state index contributed by atoms with van der Waals surface area (Å²) in [7, 11) is 0. The minimum Gasteiger partial charge on any atom is -0.330 e. The third-order valence-electron chi connectivity index (χ3n) is 2.15. The molecule has 1 heterocycles. The van der Waals surface area contributed by atoms with E-state index in [-0.39, 0.29) is 5.41 Å². The van der Waals surface area contributed by atoms with Crippen LogP contribution in [0.4, 0.5) is 0 Å². The summed E-state index contributed by atoms with van der Waals surface area (Å²) in [6, 6.07) is 0. The lowest BCUT2D eigenvalue weighted by molar-refractivity contribution is 0.336. The first-order chi connectivity index (χ1) is 6.03. The van der Waals surface area contributed by atoms with Crippen molar-refractivity contribution in [3.05, 3.63) is 16.1 Å². The number of rotatable bonds is 4. The number of hydrogen-bond donors (Lipinski definition) is 1. The maximum Gasteiger partial charge on any atom is 0.0897 e. The summed E-state index contributed by atoms with van der Waals surface area (Å²) in [5, 5.41) is 3.30. The van der Waals surface area contributed by atoms with Crippen LogP contribution in [-0.4, -0.2) is 11.5 Å². The fourth-order valence-corrected chi connectivity index (χ4v) is 2.07. The molecular weight excluding hydrogens is 180 g/mol. The Labute approximate surface area is 84.2 Å². The van der Waals surface area contributed by atoms with E-state index >= 15 is 0 Å². The second-order valence-corrected chi connectivity index (χ2v) is 5.30. The normalized spacial score (nSPS) is 12.0. The van der Waals surface area contributed by atoms with Crippen molar-refractivity contribution >= 4 is 11.3 Å². The van der Waals surface area contributed by atoms with Crippen LogP contribution >= 0.6 is 11.3 Å². The first-order valence-corrected chi connectivity index (χ1v) is 5.52. The third kappa shape index (κ3) is 3.44. The van der Waals surface area contributed by atoms with Gasteiger partial charge in [0.25, 0.3) is 0 Å². The van der Waals surface area contributed by atoms with Gasteiger partial charge in [-0.1, -0.05) is 13.8 Å².